The van der Waals surface area contributed by atoms with Gasteiger partial charge in [0.25, 0.3) is 5.91 Å². The van der Waals surface area contributed by atoms with Crippen LogP contribution in [0.5, 0.6) is 0 Å². The van der Waals surface area contributed by atoms with Crippen molar-refractivity contribution >= 4 is 11.9 Å². The summed E-state index contributed by atoms with van der Waals surface area (Å²) in [5.41, 5.74) is -0.269. The quantitative estimate of drug-likeness (QED) is 0.851. The Kier molecular flexibility index (Phi) is 2.63. The summed E-state index contributed by atoms with van der Waals surface area (Å²) in [5, 5.41) is 9.17. The molecular formula is C12H13NO4. The van der Waals surface area contributed by atoms with Gasteiger partial charge in [0.2, 0.25) is 5.72 Å². The van der Waals surface area contributed by atoms with Gasteiger partial charge in [0.1, 0.15) is 0 Å². The summed E-state index contributed by atoms with van der Waals surface area (Å²) in [5.74, 6) is -1.49. The highest BCUT2D eigenvalue weighted by Gasteiger charge is 2.46. The van der Waals surface area contributed by atoms with Gasteiger partial charge < -0.3 is 9.84 Å². The zero-order chi connectivity index (χ0) is 12.6. The molecule has 1 N–H and O–H groups in total. The highest BCUT2D eigenvalue weighted by Crippen LogP contribution is 2.29. The molecule has 90 valence electrons. The molecule has 0 saturated heterocycles. The Balaban J connectivity index is 2.40. The van der Waals surface area contributed by atoms with Crippen molar-refractivity contribution in [3.63, 3.8) is 0 Å². The second kappa shape index (κ2) is 3.85. The molecule has 0 radical (unpaired) electrons. The van der Waals surface area contributed by atoms with E-state index in [1.54, 1.807) is 12.1 Å². The van der Waals surface area contributed by atoms with Crippen LogP contribution >= 0.6 is 0 Å². The molecule has 17 heavy (non-hydrogen) atoms. The molecule has 0 aliphatic carbocycles. The standard InChI is InChI=1S/C12H13NO4/c1-12(17-2,11(15)16)13-7-8-5-3-4-6-9(8)10(13)14/h3-6H,7H2,1-2H3,(H,15,16). The van der Waals surface area contributed by atoms with E-state index in [-0.39, 0.29) is 12.5 Å². The molecule has 1 aromatic carbocycles. The lowest BCUT2D eigenvalue weighted by Gasteiger charge is -2.33. The van der Waals surface area contributed by atoms with Crippen LogP contribution < -0.4 is 0 Å². The Bertz CT molecular complexity index is 485. The molecule has 1 atom stereocenters. The molecule has 1 aromatic rings. The molecule has 0 bridgehead atoms. The first-order valence-electron chi connectivity index (χ1n) is 5.19. The maximum absolute atomic E-state index is 12.1. The number of nitrogens with zero attached hydrogens (tertiary/aromatic N) is 1. The van der Waals surface area contributed by atoms with Gasteiger partial charge in [-0.25, -0.2) is 4.79 Å². The van der Waals surface area contributed by atoms with Crippen LogP contribution in [0.25, 0.3) is 0 Å². The summed E-state index contributed by atoms with van der Waals surface area (Å²) in [6.07, 6.45) is 0. The second-order valence-corrected chi connectivity index (χ2v) is 4.04. The van der Waals surface area contributed by atoms with Gasteiger partial charge in [-0.3, -0.25) is 9.69 Å². The number of benzene rings is 1. The van der Waals surface area contributed by atoms with E-state index >= 15 is 0 Å². The van der Waals surface area contributed by atoms with Crippen LogP contribution in [0.2, 0.25) is 0 Å². The highest BCUT2D eigenvalue weighted by atomic mass is 16.5. The second-order valence-electron chi connectivity index (χ2n) is 4.04. The molecule has 1 heterocycles. The van der Waals surface area contributed by atoms with E-state index < -0.39 is 11.7 Å². The first-order chi connectivity index (χ1) is 8.00. The average molecular weight is 235 g/mol. The van der Waals surface area contributed by atoms with Gasteiger partial charge >= 0.3 is 5.97 Å². The fraction of sp³-hybridized carbons (Fsp3) is 0.333. The number of hydrogen-bond donors (Lipinski definition) is 1. The monoisotopic (exact) mass is 235 g/mol. The lowest BCUT2D eigenvalue weighted by Crippen LogP contribution is -2.53. The number of hydrogen-bond acceptors (Lipinski definition) is 3. The Labute approximate surface area is 98.6 Å². The number of methoxy groups -OCH3 is 1. The minimum Gasteiger partial charge on any atom is -0.478 e. The van der Waals surface area contributed by atoms with Crippen molar-refractivity contribution in [2.45, 2.75) is 19.2 Å². The third kappa shape index (κ3) is 1.59. The van der Waals surface area contributed by atoms with Gasteiger partial charge in [-0.05, 0) is 18.6 Å². The van der Waals surface area contributed by atoms with Crippen LogP contribution in [-0.4, -0.2) is 34.7 Å². The van der Waals surface area contributed by atoms with Crippen molar-refractivity contribution in [1.82, 2.24) is 4.90 Å². The van der Waals surface area contributed by atoms with Crippen molar-refractivity contribution in [3.05, 3.63) is 35.4 Å². The zero-order valence-corrected chi connectivity index (χ0v) is 9.64. The van der Waals surface area contributed by atoms with Crippen molar-refractivity contribution in [2.24, 2.45) is 0 Å². The number of ether oxygens (including phenoxy) is 1. The molecule has 5 nitrogen and oxygen atoms in total. The molecule has 1 aliphatic rings. The summed E-state index contributed by atoms with van der Waals surface area (Å²) in [6, 6.07) is 7.08. The number of fused-ring (bicyclic) bond motifs is 1. The molecule has 1 unspecified atom stereocenters. The minimum absolute atomic E-state index is 0.256. The third-order valence-corrected chi connectivity index (χ3v) is 3.13. The molecular weight excluding hydrogens is 222 g/mol. The number of carboxylic acid groups (broad SMARTS) is 1. The van der Waals surface area contributed by atoms with Crippen molar-refractivity contribution < 1.29 is 19.4 Å². The van der Waals surface area contributed by atoms with Crippen molar-refractivity contribution in [3.8, 4) is 0 Å². The lowest BCUT2D eigenvalue weighted by atomic mass is 10.1. The van der Waals surface area contributed by atoms with Crippen LogP contribution in [-0.2, 0) is 16.1 Å². The van der Waals surface area contributed by atoms with E-state index in [4.69, 9.17) is 4.74 Å². The number of aliphatic carboxylic acids is 1. The molecule has 1 amide bonds. The summed E-state index contributed by atoms with van der Waals surface area (Å²) in [7, 11) is 1.28. The van der Waals surface area contributed by atoms with Gasteiger partial charge in [-0.1, -0.05) is 18.2 Å². The lowest BCUT2D eigenvalue weighted by molar-refractivity contribution is -0.180. The van der Waals surface area contributed by atoms with E-state index in [1.807, 2.05) is 12.1 Å². The maximum Gasteiger partial charge on any atom is 0.357 e. The Hall–Kier alpha value is -1.88. The molecule has 0 saturated carbocycles. The predicted molar refractivity (Wildman–Crippen MR) is 59.4 cm³/mol. The topological polar surface area (TPSA) is 66.8 Å². The molecule has 0 spiro atoms. The van der Waals surface area contributed by atoms with Crippen LogP contribution in [0, 0.1) is 0 Å². The van der Waals surface area contributed by atoms with Gasteiger partial charge in [0.05, 0.1) is 6.54 Å². The summed E-state index contributed by atoms with van der Waals surface area (Å²) >= 11 is 0. The number of carbonyl (C=O) groups is 2. The van der Waals surface area contributed by atoms with Crippen LogP contribution in [0.15, 0.2) is 24.3 Å². The Morgan fingerprint density at radius 2 is 2.12 bits per heavy atom. The van der Waals surface area contributed by atoms with E-state index in [2.05, 4.69) is 0 Å². The molecule has 2 rings (SSSR count). The van der Waals surface area contributed by atoms with E-state index in [9.17, 15) is 14.7 Å². The van der Waals surface area contributed by atoms with Crippen LogP contribution in [0.1, 0.15) is 22.8 Å². The zero-order valence-electron chi connectivity index (χ0n) is 9.64. The van der Waals surface area contributed by atoms with E-state index in [0.717, 1.165) is 5.56 Å². The van der Waals surface area contributed by atoms with Gasteiger partial charge in [-0.2, -0.15) is 0 Å². The largest absolute Gasteiger partial charge is 0.478 e. The van der Waals surface area contributed by atoms with Gasteiger partial charge in [0.15, 0.2) is 0 Å². The highest BCUT2D eigenvalue weighted by molar-refractivity contribution is 6.00. The summed E-state index contributed by atoms with van der Waals surface area (Å²) in [4.78, 5) is 24.5. The smallest absolute Gasteiger partial charge is 0.357 e. The third-order valence-electron chi connectivity index (χ3n) is 3.13. The van der Waals surface area contributed by atoms with Crippen molar-refractivity contribution in [1.29, 1.82) is 0 Å². The number of rotatable bonds is 3. The molecule has 0 fully saturated rings. The average Bonchev–Trinajstić information content (AvgIpc) is 2.67. The number of amides is 1. The van der Waals surface area contributed by atoms with Gasteiger partial charge in [-0.15, -0.1) is 0 Å². The Morgan fingerprint density at radius 3 is 2.65 bits per heavy atom. The molecule has 0 aromatic heterocycles. The predicted octanol–water partition coefficient (Wildman–Crippen LogP) is 1.09. The van der Waals surface area contributed by atoms with E-state index in [0.29, 0.717) is 5.56 Å². The minimum atomic E-state index is -1.63. The first kappa shape index (κ1) is 11.6. The molecule has 5 heteroatoms. The SMILES string of the molecule is COC(C)(C(=O)O)N1Cc2ccccc2C1=O. The number of carbonyl (C=O) groups excluding carboxylic acids is 1. The summed E-state index contributed by atoms with van der Waals surface area (Å²) < 4.78 is 4.99. The Morgan fingerprint density at radius 1 is 1.47 bits per heavy atom. The summed E-state index contributed by atoms with van der Waals surface area (Å²) in [6.45, 7) is 1.63. The fourth-order valence-electron chi connectivity index (χ4n) is 1.91. The maximum atomic E-state index is 12.1. The van der Waals surface area contributed by atoms with Crippen LogP contribution in [0.3, 0.4) is 0 Å². The van der Waals surface area contributed by atoms with Gasteiger partial charge in [0, 0.05) is 12.7 Å². The molecule has 1 aliphatic heterocycles. The van der Waals surface area contributed by atoms with Crippen LogP contribution in [0.4, 0.5) is 0 Å². The van der Waals surface area contributed by atoms with Crippen molar-refractivity contribution in [2.75, 3.05) is 7.11 Å². The number of carboxylic acids is 1. The first-order valence-corrected chi connectivity index (χ1v) is 5.19. The fourth-order valence-corrected chi connectivity index (χ4v) is 1.91. The van der Waals surface area contributed by atoms with E-state index in [1.165, 1.54) is 18.9 Å². The normalized spacial score (nSPS) is 17.8.